The van der Waals surface area contributed by atoms with Crippen LogP contribution in [-0.2, 0) is 30.7 Å². The first-order chi connectivity index (χ1) is 3.63. The minimum atomic E-state index is -1.37. The van der Waals surface area contributed by atoms with Crippen molar-refractivity contribution in [1.29, 1.82) is 0 Å². The van der Waals surface area contributed by atoms with E-state index in [1.165, 1.54) is 0 Å². The molecule has 0 bridgehead atoms. The van der Waals surface area contributed by atoms with E-state index in [1.807, 2.05) is 0 Å². The largest absolute Gasteiger partial charge is 2.00 e. The van der Waals surface area contributed by atoms with Crippen molar-refractivity contribution in [1.82, 2.24) is 0 Å². The van der Waals surface area contributed by atoms with E-state index in [4.69, 9.17) is 0 Å². The average molecular weight is 212 g/mol. The van der Waals surface area contributed by atoms with Gasteiger partial charge in [-0.25, -0.2) is 0 Å². The third kappa shape index (κ3) is 11.3. The van der Waals surface area contributed by atoms with Gasteiger partial charge in [0.15, 0.2) is 0 Å². The van der Waals surface area contributed by atoms with Gasteiger partial charge in [0.05, 0.1) is 0 Å². The van der Waals surface area contributed by atoms with Gasteiger partial charge >= 0.3 is 21.1 Å². The summed E-state index contributed by atoms with van der Waals surface area (Å²) in [5, 5.41) is 19.0. The maximum atomic E-state index is 9.50. The van der Waals surface area contributed by atoms with Crippen LogP contribution in [0, 0.1) is 0 Å². The molecule has 0 aliphatic carbocycles. The number of carboxylic acid groups (broad SMARTS) is 2. The normalized spacial score (nSPS) is 7.56. The van der Waals surface area contributed by atoms with E-state index in [0.29, 0.717) is 0 Å². The smallest absolute Gasteiger partial charge is 0.550 e. The number of carboxylic acids is 2. The molecule has 0 radical (unpaired) electrons. The fourth-order valence-electron chi connectivity index (χ4n) is 0.204. The van der Waals surface area contributed by atoms with Crippen molar-refractivity contribution < 1.29 is 40.9 Å². The Morgan fingerprint density at radius 3 is 1.33 bits per heavy atom. The summed E-state index contributed by atoms with van der Waals surface area (Å²) < 4.78 is 0. The average Bonchev–Trinajstić information content (AvgIpc) is 1.61. The van der Waals surface area contributed by atoms with Gasteiger partial charge in [0, 0.05) is 11.9 Å². The Bertz CT molecular complexity index is 97.1. The molecule has 0 rings (SSSR count). The Balaban J connectivity index is 0. The molecular weight excluding hydrogens is 208 g/mol. The molecule has 0 atom stereocenters. The van der Waals surface area contributed by atoms with Crippen LogP contribution in [0.2, 0.25) is 0 Å². The number of carbonyl (C=O) groups excluding carboxylic acids is 2. The summed E-state index contributed by atoms with van der Waals surface area (Å²) in [5.41, 5.74) is 0. The molecule has 0 aromatic carbocycles. The van der Waals surface area contributed by atoms with Crippen LogP contribution in [0.15, 0.2) is 0 Å². The van der Waals surface area contributed by atoms with Crippen molar-refractivity contribution in [2.24, 2.45) is 0 Å². The Labute approximate surface area is 66.1 Å². The Hall–Kier alpha value is -0.372. The molecule has 0 heterocycles. The zero-order chi connectivity index (χ0) is 6.57. The van der Waals surface area contributed by atoms with Gasteiger partial charge in [0.2, 0.25) is 0 Å². The standard InChI is InChI=1S/C4H6O4.Mo/c5-3(6)1-2-4(7)8;/h1-2H2,(H,5,6)(H,7,8);/q;+2/p-2. The first kappa shape index (κ1) is 11.4. The van der Waals surface area contributed by atoms with E-state index in [1.54, 1.807) is 0 Å². The van der Waals surface area contributed by atoms with Crippen molar-refractivity contribution in [2.45, 2.75) is 12.8 Å². The van der Waals surface area contributed by atoms with E-state index >= 15 is 0 Å². The van der Waals surface area contributed by atoms with Gasteiger partial charge in [-0.1, -0.05) is 0 Å². The molecule has 0 saturated heterocycles. The molecule has 0 unspecified atom stereocenters. The van der Waals surface area contributed by atoms with Crippen LogP contribution in [0.3, 0.4) is 0 Å². The molecule has 50 valence electrons. The first-order valence-electron chi connectivity index (χ1n) is 2.02. The van der Waals surface area contributed by atoms with Gasteiger partial charge in [-0.15, -0.1) is 0 Å². The molecule has 0 aliphatic rings. The summed E-state index contributed by atoms with van der Waals surface area (Å²) in [6.07, 6.45) is -0.940. The van der Waals surface area contributed by atoms with Crippen molar-refractivity contribution in [2.75, 3.05) is 0 Å². The van der Waals surface area contributed by atoms with E-state index in [0.717, 1.165) is 0 Å². The fourth-order valence-corrected chi connectivity index (χ4v) is 0.204. The topological polar surface area (TPSA) is 80.3 Å². The van der Waals surface area contributed by atoms with Gasteiger partial charge in [0.25, 0.3) is 0 Å². The number of carbonyl (C=O) groups is 2. The van der Waals surface area contributed by atoms with Gasteiger partial charge < -0.3 is 19.8 Å². The molecule has 0 aromatic rings. The molecule has 9 heavy (non-hydrogen) atoms. The number of hydrogen-bond acceptors (Lipinski definition) is 4. The maximum absolute atomic E-state index is 9.50. The second-order valence-corrected chi connectivity index (χ2v) is 1.24. The molecule has 0 aliphatic heterocycles. The van der Waals surface area contributed by atoms with Crippen molar-refractivity contribution in [3.8, 4) is 0 Å². The van der Waals surface area contributed by atoms with Crippen LogP contribution < -0.4 is 10.2 Å². The van der Waals surface area contributed by atoms with Gasteiger partial charge in [0.1, 0.15) is 0 Å². The van der Waals surface area contributed by atoms with Crippen molar-refractivity contribution in [3.05, 3.63) is 0 Å². The fraction of sp³-hybridized carbons (Fsp3) is 0.500. The summed E-state index contributed by atoms with van der Waals surface area (Å²) >= 11 is 0. The molecule has 0 fully saturated rings. The second kappa shape index (κ2) is 5.76. The third-order valence-corrected chi connectivity index (χ3v) is 0.533. The third-order valence-electron chi connectivity index (χ3n) is 0.533. The minimum Gasteiger partial charge on any atom is -0.550 e. The summed E-state index contributed by atoms with van der Waals surface area (Å²) in [6, 6.07) is 0. The molecular formula is C4H4MoO4. The number of rotatable bonds is 3. The second-order valence-electron chi connectivity index (χ2n) is 1.24. The zero-order valence-electron chi connectivity index (χ0n) is 4.46. The summed E-state index contributed by atoms with van der Waals surface area (Å²) in [4.78, 5) is 19.0. The molecule has 5 heteroatoms. The van der Waals surface area contributed by atoms with Gasteiger partial charge in [-0.05, 0) is 12.8 Å². The predicted octanol–water partition coefficient (Wildman–Crippen LogP) is -2.74. The monoisotopic (exact) mass is 214 g/mol. The van der Waals surface area contributed by atoms with Crippen LogP contribution >= 0.6 is 0 Å². The maximum Gasteiger partial charge on any atom is 2.00 e. The zero-order valence-corrected chi connectivity index (χ0v) is 6.46. The first-order valence-corrected chi connectivity index (χ1v) is 2.02. The SMILES string of the molecule is O=C([O-])CCC(=O)[O-].[Mo+2]. The van der Waals surface area contributed by atoms with Crippen molar-refractivity contribution in [3.63, 3.8) is 0 Å². The quantitative estimate of drug-likeness (QED) is 0.475. The number of aliphatic carboxylic acids is 2. The Morgan fingerprint density at radius 2 is 1.22 bits per heavy atom. The Kier molecular flexibility index (Phi) is 7.31. The van der Waals surface area contributed by atoms with Crippen LogP contribution in [0.1, 0.15) is 12.8 Å². The summed E-state index contributed by atoms with van der Waals surface area (Å²) in [5.74, 6) is -2.73. The molecule has 0 N–H and O–H groups in total. The van der Waals surface area contributed by atoms with Crippen molar-refractivity contribution >= 4 is 11.9 Å². The molecule has 0 saturated carbocycles. The van der Waals surface area contributed by atoms with E-state index in [-0.39, 0.29) is 21.1 Å². The van der Waals surface area contributed by atoms with Crippen LogP contribution in [0.5, 0.6) is 0 Å². The predicted molar refractivity (Wildman–Crippen MR) is 19.2 cm³/mol. The Morgan fingerprint density at radius 1 is 1.00 bits per heavy atom. The van der Waals surface area contributed by atoms with Crippen LogP contribution in [0.4, 0.5) is 0 Å². The van der Waals surface area contributed by atoms with E-state index in [2.05, 4.69) is 0 Å². The summed E-state index contributed by atoms with van der Waals surface area (Å²) in [7, 11) is 0. The van der Waals surface area contributed by atoms with Gasteiger partial charge in [-0.3, -0.25) is 0 Å². The molecule has 0 spiro atoms. The molecule has 0 amide bonds. The summed E-state index contributed by atoms with van der Waals surface area (Å²) in [6.45, 7) is 0. The van der Waals surface area contributed by atoms with E-state index in [9.17, 15) is 19.8 Å². The van der Waals surface area contributed by atoms with Crippen LogP contribution in [-0.4, -0.2) is 11.9 Å². The van der Waals surface area contributed by atoms with E-state index < -0.39 is 24.8 Å². The van der Waals surface area contributed by atoms with Crippen LogP contribution in [0.25, 0.3) is 0 Å². The number of hydrogen-bond donors (Lipinski definition) is 0. The molecule has 0 aromatic heterocycles. The molecule has 4 nitrogen and oxygen atoms in total. The van der Waals surface area contributed by atoms with Gasteiger partial charge in [-0.2, -0.15) is 0 Å². The minimum absolute atomic E-state index is 0.